The zero-order valence-electron chi connectivity index (χ0n) is 15.6. The van der Waals surface area contributed by atoms with Crippen LogP contribution in [0.25, 0.3) is 16.7 Å². The number of halogens is 2. The van der Waals surface area contributed by atoms with Gasteiger partial charge in [-0.25, -0.2) is 17.8 Å². The summed E-state index contributed by atoms with van der Waals surface area (Å²) in [7, 11) is -3.56. The number of rotatable bonds is 4. The Labute approximate surface area is 172 Å². The molecule has 5 nitrogen and oxygen atoms in total. The molecule has 0 spiro atoms. The van der Waals surface area contributed by atoms with E-state index in [1.54, 1.807) is 24.3 Å². The standard InChI is InChI=1S/C21H16ClFN2O3S/c1-13-24-21-19(22)7-4-8-20(21)25(13)15-5-3-6-16(11-15)28-17-9-14(23)10-18(12-17)29(2,26)27/h3-12H,1-2H3. The highest BCUT2D eigenvalue weighted by molar-refractivity contribution is 7.90. The second kappa shape index (κ2) is 7.17. The first-order chi connectivity index (χ1) is 13.7. The molecule has 1 aromatic heterocycles. The minimum Gasteiger partial charge on any atom is -0.457 e. The predicted octanol–water partition coefficient (Wildman–Crippen LogP) is 5.32. The van der Waals surface area contributed by atoms with E-state index in [1.165, 1.54) is 6.07 Å². The van der Waals surface area contributed by atoms with Crippen LogP contribution in [0.4, 0.5) is 4.39 Å². The van der Waals surface area contributed by atoms with Crippen LogP contribution in [-0.2, 0) is 9.84 Å². The van der Waals surface area contributed by atoms with E-state index < -0.39 is 15.7 Å². The molecule has 0 aliphatic rings. The molecule has 1 heterocycles. The van der Waals surface area contributed by atoms with Gasteiger partial charge in [0.2, 0.25) is 0 Å². The molecule has 3 aromatic carbocycles. The van der Waals surface area contributed by atoms with Crippen molar-refractivity contribution in [1.29, 1.82) is 0 Å². The van der Waals surface area contributed by atoms with Gasteiger partial charge in [-0.05, 0) is 43.3 Å². The maximum Gasteiger partial charge on any atom is 0.175 e. The molecule has 0 atom stereocenters. The Kier molecular flexibility index (Phi) is 4.80. The number of nitrogens with zero attached hydrogens (tertiary/aromatic N) is 2. The minimum atomic E-state index is -3.56. The first-order valence-electron chi connectivity index (χ1n) is 8.65. The van der Waals surface area contributed by atoms with Gasteiger partial charge in [-0.15, -0.1) is 0 Å². The lowest BCUT2D eigenvalue weighted by atomic mass is 10.2. The van der Waals surface area contributed by atoms with E-state index in [1.807, 2.05) is 29.7 Å². The smallest absolute Gasteiger partial charge is 0.175 e. The second-order valence-corrected chi connectivity index (χ2v) is 9.02. The quantitative estimate of drug-likeness (QED) is 0.439. The van der Waals surface area contributed by atoms with Crippen LogP contribution in [0.2, 0.25) is 5.02 Å². The van der Waals surface area contributed by atoms with Crippen LogP contribution in [0.1, 0.15) is 5.82 Å². The predicted molar refractivity (Wildman–Crippen MR) is 110 cm³/mol. The van der Waals surface area contributed by atoms with E-state index in [-0.39, 0.29) is 10.6 Å². The van der Waals surface area contributed by atoms with Crippen LogP contribution in [-0.4, -0.2) is 24.2 Å². The number of para-hydroxylation sites is 1. The molecular formula is C21H16ClFN2O3S. The SMILES string of the molecule is Cc1nc2c(Cl)cccc2n1-c1cccc(Oc2cc(F)cc(S(C)(=O)=O)c2)c1. The van der Waals surface area contributed by atoms with Gasteiger partial charge >= 0.3 is 0 Å². The molecule has 0 radical (unpaired) electrons. The monoisotopic (exact) mass is 430 g/mol. The van der Waals surface area contributed by atoms with Crippen LogP contribution >= 0.6 is 11.6 Å². The van der Waals surface area contributed by atoms with Gasteiger partial charge in [0.15, 0.2) is 9.84 Å². The maximum atomic E-state index is 13.9. The first kappa shape index (κ1) is 19.4. The number of hydrogen-bond donors (Lipinski definition) is 0. The number of benzene rings is 3. The van der Waals surface area contributed by atoms with Crippen molar-refractivity contribution in [3.8, 4) is 17.2 Å². The van der Waals surface area contributed by atoms with Crippen LogP contribution in [0.3, 0.4) is 0 Å². The molecule has 8 heteroatoms. The van der Waals surface area contributed by atoms with Gasteiger partial charge in [-0.2, -0.15) is 0 Å². The fourth-order valence-corrected chi connectivity index (χ4v) is 4.01. The van der Waals surface area contributed by atoms with E-state index in [0.717, 1.165) is 35.4 Å². The normalized spacial score (nSPS) is 11.7. The summed E-state index contributed by atoms with van der Waals surface area (Å²) in [5.74, 6) is 0.578. The van der Waals surface area contributed by atoms with Gasteiger partial charge in [-0.1, -0.05) is 23.7 Å². The van der Waals surface area contributed by atoms with E-state index in [0.29, 0.717) is 16.3 Å². The lowest BCUT2D eigenvalue weighted by Gasteiger charge is -2.11. The van der Waals surface area contributed by atoms with Crippen molar-refractivity contribution in [2.75, 3.05) is 6.26 Å². The molecule has 0 fully saturated rings. The number of imidazole rings is 1. The molecule has 29 heavy (non-hydrogen) atoms. The van der Waals surface area contributed by atoms with Gasteiger partial charge in [-0.3, -0.25) is 4.57 Å². The molecule has 148 valence electrons. The molecule has 0 N–H and O–H groups in total. The molecule has 0 aliphatic heterocycles. The second-order valence-electron chi connectivity index (χ2n) is 6.60. The van der Waals surface area contributed by atoms with E-state index in [4.69, 9.17) is 16.3 Å². The molecular weight excluding hydrogens is 415 g/mol. The molecule has 0 saturated heterocycles. The van der Waals surface area contributed by atoms with Crippen molar-refractivity contribution >= 4 is 32.5 Å². The van der Waals surface area contributed by atoms with Gasteiger partial charge in [0.1, 0.15) is 28.7 Å². The third-order valence-corrected chi connectivity index (χ3v) is 5.79. The Bertz CT molecular complexity index is 1350. The number of sulfone groups is 1. The highest BCUT2D eigenvalue weighted by atomic mass is 35.5. The molecule has 4 aromatic rings. The summed E-state index contributed by atoms with van der Waals surface area (Å²) >= 11 is 6.25. The third-order valence-electron chi connectivity index (χ3n) is 4.39. The lowest BCUT2D eigenvalue weighted by Crippen LogP contribution is -1.99. The average Bonchev–Trinajstić information content (AvgIpc) is 2.98. The zero-order chi connectivity index (χ0) is 20.8. The minimum absolute atomic E-state index is 0.0952. The molecule has 0 unspecified atom stereocenters. The summed E-state index contributed by atoms with van der Waals surface area (Å²) < 4.78 is 45.0. The van der Waals surface area contributed by atoms with Gasteiger partial charge in [0.25, 0.3) is 0 Å². The number of hydrogen-bond acceptors (Lipinski definition) is 4. The van der Waals surface area contributed by atoms with E-state index in [9.17, 15) is 12.8 Å². The average molecular weight is 431 g/mol. The van der Waals surface area contributed by atoms with E-state index in [2.05, 4.69) is 4.98 Å². The fraction of sp³-hybridized carbons (Fsp3) is 0.0952. The Hall–Kier alpha value is -2.90. The van der Waals surface area contributed by atoms with Crippen LogP contribution < -0.4 is 4.74 Å². The van der Waals surface area contributed by atoms with Gasteiger partial charge < -0.3 is 4.74 Å². The summed E-state index contributed by atoms with van der Waals surface area (Å²) in [5, 5.41) is 0.560. The van der Waals surface area contributed by atoms with Crippen molar-refractivity contribution in [3.63, 3.8) is 0 Å². The number of ether oxygens (including phenoxy) is 1. The molecule has 4 rings (SSSR count). The largest absolute Gasteiger partial charge is 0.457 e. The lowest BCUT2D eigenvalue weighted by molar-refractivity contribution is 0.473. The number of aryl methyl sites for hydroxylation is 1. The zero-order valence-corrected chi connectivity index (χ0v) is 17.1. The Morgan fingerprint density at radius 1 is 1.03 bits per heavy atom. The topological polar surface area (TPSA) is 61.2 Å². The summed E-state index contributed by atoms with van der Waals surface area (Å²) in [5.41, 5.74) is 2.32. The third kappa shape index (κ3) is 3.83. The van der Waals surface area contributed by atoms with Crippen LogP contribution in [0, 0.1) is 12.7 Å². The molecule has 0 aliphatic carbocycles. The summed E-state index contributed by atoms with van der Waals surface area (Å²) in [4.78, 5) is 4.38. The fourth-order valence-electron chi connectivity index (χ4n) is 3.14. The van der Waals surface area contributed by atoms with Crippen LogP contribution in [0.5, 0.6) is 11.5 Å². The van der Waals surface area contributed by atoms with Gasteiger partial charge in [0.05, 0.1) is 21.1 Å². The first-order valence-corrected chi connectivity index (χ1v) is 10.9. The number of aromatic nitrogens is 2. The molecule has 0 saturated carbocycles. The van der Waals surface area contributed by atoms with E-state index >= 15 is 0 Å². The van der Waals surface area contributed by atoms with Crippen LogP contribution in [0.15, 0.2) is 65.6 Å². The maximum absolute atomic E-state index is 13.9. The van der Waals surface area contributed by atoms with Crippen molar-refractivity contribution < 1.29 is 17.5 Å². The highest BCUT2D eigenvalue weighted by Gasteiger charge is 2.14. The van der Waals surface area contributed by atoms with Gasteiger partial charge in [0, 0.05) is 18.4 Å². The summed E-state index contributed by atoms with van der Waals surface area (Å²) in [6, 6.07) is 16.1. The summed E-state index contributed by atoms with van der Waals surface area (Å²) in [6.45, 7) is 1.87. The molecule has 0 amide bonds. The van der Waals surface area contributed by atoms with Crippen molar-refractivity contribution in [3.05, 3.63) is 77.3 Å². The number of fused-ring (bicyclic) bond motifs is 1. The van der Waals surface area contributed by atoms with Crippen molar-refractivity contribution in [1.82, 2.24) is 9.55 Å². The Morgan fingerprint density at radius 3 is 2.55 bits per heavy atom. The highest BCUT2D eigenvalue weighted by Crippen LogP contribution is 2.30. The van der Waals surface area contributed by atoms with Crippen molar-refractivity contribution in [2.24, 2.45) is 0 Å². The van der Waals surface area contributed by atoms with Crippen molar-refractivity contribution in [2.45, 2.75) is 11.8 Å². The Morgan fingerprint density at radius 2 is 1.79 bits per heavy atom. The molecule has 0 bridgehead atoms. The Balaban J connectivity index is 1.76. The summed E-state index contributed by atoms with van der Waals surface area (Å²) in [6.07, 6.45) is 1.02.